The second kappa shape index (κ2) is 10.4. The number of ether oxygens (including phenoxy) is 1. The van der Waals surface area contributed by atoms with E-state index < -0.39 is 5.97 Å². The molecule has 0 radical (unpaired) electrons. The summed E-state index contributed by atoms with van der Waals surface area (Å²) in [6, 6.07) is 16.7. The number of carbonyl (C=O) groups excluding carboxylic acids is 2. The van der Waals surface area contributed by atoms with Gasteiger partial charge < -0.3 is 9.30 Å². The average Bonchev–Trinajstić information content (AvgIpc) is 3.22. The first kappa shape index (κ1) is 24.0. The molecule has 6 nitrogen and oxygen atoms in total. The van der Waals surface area contributed by atoms with Crippen LogP contribution in [-0.4, -0.2) is 53.2 Å². The highest BCUT2D eigenvalue weighted by atomic mass is 16.5. The van der Waals surface area contributed by atoms with Gasteiger partial charge in [0.25, 0.3) is 5.91 Å². The van der Waals surface area contributed by atoms with E-state index in [0.717, 1.165) is 34.9 Å². The van der Waals surface area contributed by atoms with Crippen LogP contribution in [0.5, 0.6) is 0 Å². The van der Waals surface area contributed by atoms with Gasteiger partial charge in [-0.15, -0.1) is 0 Å². The fourth-order valence-corrected chi connectivity index (χ4v) is 5.07. The van der Waals surface area contributed by atoms with Gasteiger partial charge in [-0.05, 0) is 49.9 Å². The van der Waals surface area contributed by atoms with Gasteiger partial charge in [0.15, 0.2) is 0 Å². The van der Waals surface area contributed by atoms with Crippen LogP contribution in [0.3, 0.4) is 0 Å². The van der Waals surface area contributed by atoms with Crippen LogP contribution < -0.4 is 0 Å². The number of aromatic nitrogens is 1. The Morgan fingerprint density at radius 2 is 1.68 bits per heavy atom. The van der Waals surface area contributed by atoms with Gasteiger partial charge >= 0.3 is 5.97 Å². The SMILES string of the molecule is CCN(C(=O)Cn1c(C(=O)OC)cc2ccc(-c3ccc(C)cc3)cc21)N(C)C1CCCCC1. The molecule has 4 rings (SSSR count). The van der Waals surface area contributed by atoms with E-state index in [-0.39, 0.29) is 12.5 Å². The predicted molar refractivity (Wildman–Crippen MR) is 135 cm³/mol. The first-order chi connectivity index (χ1) is 16.4. The number of benzene rings is 2. The third kappa shape index (κ3) is 4.87. The van der Waals surface area contributed by atoms with Gasteiger partial charge in [-0.1, -0.05) is 61.2 Å². The van der Waals surface area contributed by atoms with Gasteiger partial charge in [0.05, 0.1) is 7.11 Å². The molecule has 1 saturated carbocycles. The van der Waals surface area contributed by atoms with Crippen molar-refractivity contribution < 1.29 is 14.3 Å². The molecule has 1 fully saturated rings. The topological polar surface area (TPSA) is 54.8 Å². The number of hydrogen-bond acceptors (Lipinski definition) is 4. The van der Waals surface area contributed by atoms with Crippen LogP contribution in [-0.2, 0) is 16.1 Å². The number of fused-ring (bicyclic) bond motifs is 1. The number of likely N-dealkylation sites (N-methyl/N-ethyl adjacent to an activating group) is 1. The average molecular weight is 462 g/mol. The maximum Gasteiger partial charge on any atom is 0.354 e. The molecule has 0 atom stereocenters. The molecule has 0 bridgehead atoms. The van der Waals surface area contributed by atoms with Crippen molar-refractivity contribution in [3.05, 3.63) is 59.8 Å². The van der Waals surface area contributed by atoms with Crippen molar-refractivity contribution in [3.8, 4) is 11.1 Å². The standard InChI is InChI=1S/C28H35N3O3/c1-5-31(29(3)24-9-7-6-8-10-24)27(32)19-30-25-17-22(21-13-11-20(2)12-14-21)15-16-23(25)18-26(30)28(33)34-4/h11-18,24H,5-10,19H2,1-4H3. The number of rotatable bonds is 7. The molecular weight excluding hydrogens is 426 g/mol. The summed E-state index contributed by atoms with van der Waals surface area (Å²) in [5.74, 6) is -0.469. The lowest BCUT2D eigenvalue weighted by atomic mass is 9.95. The molecule has 0 spiro atoms. The second-order valence-corrected chi connectivity index (χ2v) is 9.22. The van der Waals surface area contributed by atoms with E-state index in [1.165, 1.54) is 31.9 Å². The van der Waals surface area contributed by atoms with Crippen molar-refractivity contribution in [2.75, 3.05) is 20.7 Å². The minimum Gasteiger partial charge on any atom is -0.464 e. The number of methoxy groups -OCH3 is 1. The van der Waals surface area contributed by atoms with Gasteiger partial charge in [0.2, 0.25) is 0 Å². The fraction of sp³-hybridized carbons (Fsp3) is 0.429. The van der Waals surface area contributed by atoms with Crippen molar-refractivity contribution in [3.63, 3.8) is 0 Å². The molecule has 3 aromatic rings. The molecule has 0 saturated heterocycles. The molecule has 1 aliphatic carbocycles. The lowest BCUT2D eigenvalue weighted by molar-refractivity contribution is -0.152. The Morgan fingerprint density at radius 3 is 2.32 bits per heavy atom. The monoisotopic (exact) mass is 461 g/mol. The Balaban J connectivity index is 1.69. The maximum atomic E-state index is 13.5. The molecular formula is C28H35N3O3. The molecule has 0 aliphatic heterocycles. The van der Waals surface area contributed by atoms with E-state index in [2.05, 4.69) is 48.3 Å². The van der Waals surface area contributed by atoms with Gasteiger partial charge in [-0.25, -0.2) is 9.80 Å². The smallest absolute Gasteiger partial charge is 0.354 e. The lowest BCUT2D eigenvalue weighted by Gasteiger charge is -2.39. The molecule has 34 heavy (non-hydrogen) atoms. The molecule has 1 heterocycles. The summed E-state index contributed by atoms with van der Waals surface area (Å²) in [7, 11) is 3.39. The summed E-state index contributed by atoms with van der Waals surface area (Å²) in [5, 5.41) is 4.85. The molecule has 180 valence electrons. The summed E-state index contributed by atoms with van der Waals surface area (Å²) < 4.78 is 6.85. The number of hydrazine groups is 1. The Kier molecular flexibility index (Phi) is 7.37. The van der Waals surface area contributed by atoms with Crippen molar-refractivity contribution in [1.29, 1.82) is 0 Å². The third-order valence-corrected chi connectivity index (χ3v) is 7.05. The molecule has 0 N–H and O–H groups in total. The largest absolute Gasteiger partial charge is 0.464 e. The number of carbonyl (C=O) groups is 2. The Labute approximate surface area is 202 Å². The maximum absolute atomic E-state index is 13.5. The summed E-state index contributed by atoms with van der Waals surface area (Å²) in [4.78, 5) is 26.2. The van der Waals surface area contributed by atoms with Gasteiger partial charge in [0, 0.05) is 30.5 Å². The van der Waals surface area contributed by atoms with E-state index in [4.69, 9.17) is 4.74 Å². The number of hydrogen-bond donors (Lipinski definition) is 0. The van der Waals surface area contributed by atoms with Crippen molar-refractivity contribution in [1.82, 2.24) is 14.6 Å². The zero-order chi connectivity index (χ0) is 24.2. The van der Waals surface area contributed by atoms with Crippen LogP contribution in [0.4, 0.5) is 0 Å². The summed E-state index contributed by atoms with van der Waals surface area (Å²) in [6.45, 7) is 4.74. The minimum atomic E-state index is -0.440. The zero-order valence-corrected chi connectivity index (χ0v) is 20.7. The van der Waals surface area contributed by atoms with Crippen molar-refractivity contribution in [2.45, 2.75) is 58.5 Å². The molecule has 1 aromatic heterocycles. The van der Waals surface area contributed by atoms with Crippen LogP contribution in [0.25, 0.3) is 22.0 Å². The predicted octanol–water partition coefficient (Wildman–Crippen LogP) is 5.43. The van der Waals surface area contributed by atoms with Crippen molar-refractivity contribution >= 4 is 22.8 Å². The molecule has 0 unspecified atom stereocenters. The van der Waals surface area contributed by atoms with Crippen LogP contribution in [0.2, 0.25) is 0 Å². The zero-order valence-electron chi connectivity index (χ0n) is 20.7. The second-order valence-electron chi connectivity index (χ2n) is 9.22. The number of esters is 1. The summed E-state index contributed by atoms with van der Waals surface area (Å²) in [5.41, 5.74) is 4.58. The van der Waals surface area contributed by atoms with Crippen molar-refractivity contribution in [2.24, 2.45) is 0 Å². The first-order valence-corrected chi connectivity index (χ1v) is 12.2. The van der Waals surface area contributed by atoms with Crippen LogP contribution in [0.1, 0.15) is 55.1 Å². The van der Waals surface area contributed by atoms with E-state index in [9.17, 15) is 9.59 Å². The highest BCUT2D eigenvalue weighted by Gasteiger charge is 2.27. The van der Waals surface area contributed by atoms with Crippen LogP contribution in [0.15, 0.2) is 48.5 Å². The fourth-order valence-electron chi connectivity index (χ4n) is 5.07. The Hall–Kier alpha value is -3.12. The quantitative estimate of drug-likeness (QED) is 0.348. The minimum absolute atomic E-state index is 0.0287. The molecule has 2 aromatic carbocycles. The van der Waals surface area contributed by atoms with Gasteiger partial charge in [-0.3, -0.25) is 9.80 Å². The van der Waals surface area contributed by atoms with Crippen LogP contribution >= 0.6 is 0 Å². The number of amides is 1. The van der Waals surface area contributed by atoms with Crippen LogP contribution in [0, 0.1) is 6.92 Å². The molecule has 1 amide bonds. The number of nitrogens with zero attached hydrogens (tertiary/aromatic N) is 3. The normalized spacial score (nSPS) is 14.5. The Morgan fingerprint density at radius 1 is 1.00 bits per heavy atom. The summed E-state index contributed by atoms with van der Waals surface area (Å²) >= 11 is 0. The van der Waals surface area contributed by atoms with E-state index in [1.54, 1.807) is 4.57 Å². The molecule has 6 heteroatoms. The van der Waals surface area contributed by atoms with E-state index in [0.29, 0.717) is 18.3 Å². The third-order valence-electron chi connectivity index (χ3n) is 7.05. The van der Waals surface area contributed by atoms with Gasteiger partial charge in [0.1, 0.15) is 12.2 Å². The van der Waals surface area contributed by atoms with E-state index in [1.807, 2.05) is 31.1 Å². The van der Waals surface area contributed by atoms with Gasteiger partial charge in [-0.2, -0.15) is 0 Å². The highest BCUT2D eigenvalue weighted by molar-refractivity contribution is 5.98. The number of aryl methyl sites for hydroxylation is 1. The molecule has 1 aliphatic rings. The Bertz CT molecular complexity index is 1160. The first-order valence-electron chi connectivity index (χ1n) is 12.2. The summed E-state index contributed by atoms with van der Waals surface area (Å²) in [6.07, 6.45) is 5.90. The highest BCUT2D eigenvalue weighted by Crippen LogP contribution is 2.28. The van der Waals surface area contributed by atoms with E-state index >= 15 is 0 Å². The lowest BCUT2D eigenvalue weighted by Crippen LogP contribution is -2.50.